The van der Waals surface area contributed by atoms with Crippen LogP contribution in [0.1, 0.15) is 32.4 Å². The van der Waals surface area contributed by atoms with E-state index in [1.807, 2.05) is 0 Å². The van der Waals surface area contributed by atoms with Crippen molar-refractivity contribution in [2.75, 3.05) is 20.6 Å². The normalized spacial score (nSPS) is 15.2. The summed E-state index contributed by atoms with van der Waals surface area (Å²) < 4.78 is 0. The zero-order valence-electron chi connectivity index (χ0n) is 11.8. The summed E-state index contributed by atoms with van der Waals surface area (Å²) in [4.78, 5) is 2.22. The topological polar surface area (TPSA) is 15.3 Å². The molecule has 0 bridgehead atoms. The lowest BCUT2D eigenvalue weighted by atomic mass is 9.95. The van der Waals surface area contributed by atoms with Crippen molar-refractivity contribution in [2.45, 2.75) is 32.9 Å². The molecule has 0 amide bonds. The average Bonchev–Trinajstić information content (AvgIpc) is 2.25. The highest BCUT2D eigenvalue weighted by Crippen LogP contribution is 2.21. The standard InChI is InChI=1S/C15H26N2/c1-12(2)15(14-9-7-6-8-10-14)16-13(3)11-17(4)5/h6-10,12-13,15-16H,11H2,1-5H3. The molecule has 96 valence electrons. The highest BCUT2D eigenvalue weighted by molar-refractivity contribution is 5.19. The summed E-state index contributed by atoms with van der Waals surface area (Å²) in [6.45, 7) is 7.86. The monoisotopic (exact) mass is 234 g/mol. The van der Waals surface area contributed by atoms with E-state index in [9.17, 15) is 0 Å². The smallest absolute Gasteiger partial charge is 0.0346 e. The molecule has 0 spiro atoms. The number of nitrogens with zero attached hydrogens (tertiary/aromatic N) is 1. The van der Waals surface area contributed by atoms with Gasteiger partial charge in [-0.1, -0.05) is 44.2 Å². The molecule has 0 saturated heterocycles. The summed E-state index contributed by atoms with van der Waals surface area (Å²) in [6.07, 6.45) is 0. The molecule has 0 aliphatic rings. The lowest BCUT2D eigenvalue weighted by molar-refractivity contribution is 0.302. The average molecular weight is 234 g/mol. The summed E-state index contributed by atoms with van der Waals surface area (Å²) in [5, 5.41) is 3.72. The Kier molecular flexibility index (Phi) is 5.66. The van der Waals surface area contributed by atoms with Gasteiger partial charge in [-0.3, -0.25) is 0 Å². The number of likely N-dealkylation sites (N-methyl/N-ethyl adjacent to an activating group) is 1. The molecule has 0 aliphatic heterocycles. The van der Waals surface area contributed by atoms with Crippen LogP contribution in [0.15, 0.2) is 30.3 Å². The molecule has 0 heterocycles. The van der Waals surface area contributed by atoms with Crippen LogP contribution >= 0.6 is 0 Å². The molecule has 2 nitrogen and oxygen atoms in total. The van der Waals surface area contributed by atoms with Gasteiger partial charge in [-0.05, 0) is 32.5 Å². The fraction of sp³-hybridized carbons (Fsp3) is 0.600. The van der Waals surface area contributed by atoms with Gasteiger partial charge in [0.15, 0.2) is 0 Å². The Morgan fingerprint density at radius 3 is 2.12 bits per heavy atom. The van der Waals surface area contributed by atoms with Crippen LogP contribution in [0.4, 0.5) is 0 Å². The van der Waals surface area contributed by atoms with Crippen LogP contribution in [0.3, 0.4) is 0 Å². The second-order valence-corrected chi connectivity index (χ2v) is 5.46. The van der Waals surface area contributed by atoms with E-state index < -0.39 is 0 Å². The Balaban J connectivity index is 2.68. The lowest BCUT2D eigenvalue weighted by Gasteiger charge is -2.28. The largest absolute Gasteiger partial charge is 0.308 e. The fourth-order valence-corrected chi connectivity index (χ4v) is 2.24. The van der Waals surface area contributed by atoms with Crippen molar-refractivity contribution in [1.29, 1.82) is 0 Å². The van der Waals surface area contributed by atoms with Crippen molar-refractivity contribution in [3.8, 4) is 0 Å². The molecule has 0 radical (unpaired) electrons. The van der Waals surface area contributed by atoms with Gasteiger partial charge in [0, 0.05) is 18.6 Å². The van der Waals surface area contributed by atoms with Crippen molar-refractivity contribution in [3.05, 3.63) is 35.9 Å². The first-order valence-electron chi connectivity index (χ1n) is 6.46. The quantitative estimate of drug-likeness (QED) is 0.814. The van der Waals surface area contributed by atoms with Crippen LogP contribution < -0.4 is 5.32 Å². The molecule has 2 heteroatoms. The molecule has 0 saturated carbocycles. The summed E-state index contributed by atoms with van der Waals surface area (Å²) in [5.74, 6) is 0.599. The van der Waals surface area contributed by atoms with Crippen LogP contribution in [-0.2, 0) is 0 Å². The number of hydrogen-bond acceptors (Lipinski definition) is 2. The van der Waals surface area contributed by atoms with Crippen molar-refractivity contribution < 1.29 is 0 Å². The Bertz CT molecular complexity index is 306. The minimum absolute atomic E-state index is 0.436. The molecule has 17 heavy (non-hydrogen) atoms. The number of benzene rings is 1. The van der Waals surface area contributed by atoms with Crippen LogP contribution in [0.2, 0.25) is 0 Å². The van der Waals surface area contributed by atoms with E-state index in [-0.39, 0.29) is 0 Å². The van der Waals surface area contributed by atoms with Crippen LogP contribution in [-0.4, -0.2) is 31.6 Å². The maximum absolute atomic E-state index is 3.72. The molecule has 1 aromatic rings. The molecule has 0 aromatic heterocycles. The summed E-state index contributed by atoms with van der Waals surface area (Å²) >= 11 is 0. The highest BCUT2D eigenvalue weighted by atomic mass is 15.1. The molecule has 1 N–H and O–H groups in total. The molecule has 0 aliphatic carbocycles. The lowest BCUT2D eigenvalue weighted by Crippen LogP contribution is -2.39. The van der Waals surface area contributed by atoms with E-state index in [4.69, 9.17) is 0 Å². The third-order valence-corrected chi connectivity index (χ3v) is 2.93. The number of hydrogen-bond donors (Lipinski definition) is 1. The minimum Gasteiger partial charge on any atom is -0.308 e. The van der Waals surface area contributed by atoms with Gasteiger partial charge in [0.05, 0.1) is 0 Å². The first-order valence-corrected chi connectivity index (χ1v) is 6.46. The molecule has 2 atom stereocenters. The SMILES string of the molecule is CC(CN(C)C)NC(c1ccccc1)C(C)C. The van der Waals surface area contributed by atoms with Gasteiger partial charge in [-0.15, -0.1) is 0 Å². The van der Waals surface area contributed by atoms with Gasteiger partial charge < -0.3 is 10.2 Å². The highest BCUT2D eigenvalue weighted by Gasteiger charge is 2.17. The predicted molar refractivity (Wildman–Crippen MR) is 75.2 cm³/mol. The van der Waals surface area contributed by atoms with E-state index in [0.717, 1.165) is 6.54 Å². The number of rotatable bonds is 6. The van der Waals surface area contributed by atoms with Gasteiger partial charge >= 0.3 is 0 Å². The first kappa shape index (κ1) is 14.2. The summed E-state index contributed by atoms with van der Waals surface area (Å²) in [5.41, 5.74) is 1.38. The van der Waals surface area contributed by atoms with E-state index in [2.05, 4.69) is 75.4 Å². The van der Waals surface area contributed by atoms with Crippen LogP contribution in [0.25, 0.3) is 0 Å². The second kappa shape index (κ2) is 6.77. The van der Waals surface area contributed by atoms with E-state index in [1.54, 1.807) is 0 Å². The van der Waals surface area contributed by atoms with Gasteiger partial charge in [0.2, 0.25) is 0 Å². The number of nitrogens with one attached hydrogen (secondary N) is 1. The summed E-state index contributed by atoms with van der Waals surface area (Å²) in [6, 6.07) is 11.7. The van der Waals surface area contributed by atoms with Crippen molar-refractivity contribution in [1.82, 2.24) is 10.2 Å². The molecular formula is C15H26N2. The Morgan fingerprint density at radius 1 is 1.06 bits per heavy atom. The zero-order chi connectivity index (χ0) is 12.8. The van der Waals surface area contributed by atoms with Gasteiger partial charge in [0.25, 0.3) is 0 Å². The first-order chi connectivity index (χ1) is 8.00. The van der Waals surface area contributed by atoms with Gasteiger partial charge in [0.1, 0.15) is 0 Å². The summed E-state index contributed by atoms with van der Waals surface area (Å²) in [7, 11) is 4.23. The van der Waals surface area contributed by atoms with Crippen molar-refractivity contribution >= 4 is 0 Å². The van der Waals surface area contributed by atoms with Crippen LogP contribution in [0.5, 0.6) is 0 Å². The third-order valence-electron chi connectivity index (χ3n) is 2.93. The van der Waals surface area contributed by atoms with Crippen molar-refractivity contribution in [3.63, 3.8) is 0 Å². The fourth-order valence-electron chi connectivity index (χ4n) is 2.24. The Hall–Kier alpha value is -0.860. The molecule has 1 rings (SSSR count). The van der Waals surface area contributed by atoms with E-state index in [1.165, 1.54) is 5.56 Å². The Labute approximate surface area is 106 Å². The second-order valence-electron chi connectivity index (χ2n) is 5.46. The van der Waals surface area contributed by atoms with Crippen molar-refractivity contribution in [2.24, 2.45) is 5.92 Å². The zero-order valence-corrected chi connectivity index (χ0v) is 11.8. The van der Waals surface area contributed by atoms with Crippen LogP contribution in [0, 0.1) is 5.92 Å². The van der Waals surface area contributed by atoms with E-state index >= 15 is 0 Å². The molecular weight excluding hydrogens is 208 g/mol. The maximum atomic E-state index is 3.72. The molecule has 1 aromatic carbocycles. The maximum Gasteiger partial charge on any atom is 0.0346 e. The molecule has 2 unspecified atom stereocenters. The predicted octanol–water partition coefficient (Wildman–Crippen LogP) is 2.92. The minimum atomic E-state index is 0.436. The van der Waals surface area contributed by atoms with E-state index in [0.29, 0.717) is 18.0 Å². The van der Waals surface area contributed by atoms with Gasteiger partial charge in [-0.2, -0.15) is 0 Å². The van der Waals surface area contributed by atoms with Gasteiger partial charge in [-0.25, -0.2) is 0 Å². The third kappa shape index (κ3) is 4.88. The Morgan fingerprint density at radius 2 is 1.65 bits per heavy atom. The molecule has 0 fully saturated rings.